The van der Waals surface area contributed by atoms with Gasteiger partial charge in [0.15, 0.2) is 0 Å². The predicted octanol–water partition coefficient (Wildman–Crippen LogP) is 3.91. The number of aliphatic hydroxyl groups excluding tert-OH is 1. The minimum Gasteiger partial charge on any atom is -0.512 e. The molecule has 0 aliphatic rings. The van der Waals surface area contributed by atoms with Gasteiger partial charge in [0.25, 0.3) is 0 Å². The largest absolute Gasteiger partial charge is 0.512 e. The summed E-state index contributed by atoms with van der Waals surface area (Å²) in [4.78, 5) is 0. The third kappa shape index (κ3) is 3.29. The van der Waals surface area contributed by atoms with Crippen LogP contribution in [0.15, 0.2) is 24.7 Å². The average Bonchev–Trinajstić information content (AvgIpc) is 2.02. The normalized spacial score (nSPS) is 13.7. The zero-order valence-corrected chi connectivity index (χ0v) is 10.6. The van der Waals surface area contributed by atoms with E-state index in [0.29, 0.717) is 12.5 Å². The Labute approximate surface area is 93.6 Å². The molecular formula is C13H24O2. The molecule has 0 saturated carbocycles. The second-order valence-electron chi connectivity index (χ2n) is 4.79. The first-order chi connectivity index (χ1) is 6.75. The lowest BCUT2D eigenvalue weighted by atomic mass is 9.71. The second-order valence-corrected chi connectivity index (χ2v) is 4.79. The molecule has 0 saturated heterocycles. The standard InChI is InChI=1S/C13H24O2/c1-8-15-10(4)12(9(2)3)13(6,7)11(5)14/h9,12,14H,4-5,8H2,1-3,6-7H3. The summed E-state index contributed by atoms with van der Waals surface area (Å²) in [6.45, 7) is 18.2. The molecule has 0 amide bonds. The van der Waals surface area contributed by atoms with E-state index in [4.69, 9.17) is 4.74 Å². The highest BCUT2D eigenvalue weighted by Gasteiger charge is 2.37. The molecule has 0 bridgehead atoms. The lowest BCUT2D eigenvalue weighted by molar-refractivity contribution is 0.0894. The lowest BCUT2D eigenvalue weighted by Gasteiger charge is -2.37. The number of ether oxygens (including phenoxy) is 1. The molecule has 0 aliphatic carbocycles. The SMILES string of the molecule is C=C(OCC)C(C(C)C)C(C)(C)C(=C)O. The van der Waals surface area contributed by atoms with E-state index in [1.807, 2.05) is 20.8 Å². The minimum atomic E-state index is -0.402. The van der Waals surface area contributed by atoms with Crippen LogP contribution in [0.3, 0.4) is 0 Å². The summed E-state index contributed by atoms with van der Waals surface area (Å²) in [5.74, 6) is 1.34. The van der Waals surface area contributed by atoms with Crippen molar-refractivity contribution in [1.82, 2.24) is 0 Å². The minimum absolute atomic E-state index is 0.0787. The van der Waals surface area contributed by atoms with Gasteiger partial charge in [0.1, 0.15) is 0 Å². The Balaban J connectivity index is 4.97. The van der Waals surface area contributed by atoms with Crippen LogP contribution in [0.2, 0.25) is 0 Å². The molecule has 0 aromatic heterocycles. The Kier molecular flexibility index (Phi) is 4.92. The monoisotopic (exact) mass is 212 g/mol. The van der Waals surface area contributed by atoms with Gasteiger partial charge < -0.3 is 9.84 Å². The molecule has 88 valence electrons. The van der Waals surface area contributed by atoms with Gasteiger partial charge in [-0.05, 0) is 12.8 Å². The first-order valence-electron chi connectivity index (χ1n) is 5.45. The van der Waals surface area contributed by atoms with Gasteiger partial charge in [-0.1, -0.05) is 40.9 Å². The Morgan fingerprint density at radius 3 is 2.07 bits per heavy atom. The molecule has 0 spiro atoms. The maximum absolute atomic E-state index is 9.63. The van der Waals surface area contributed by atoms with E-state index in [0.717, 1.165) is 5.76 Å². The quantitative estimate of drug-likeness (QED) is 0.676. The Morgan fingerprint density at radius 1 is 1.33 bits per heavy atom. The Morgan fingerprint density at radius 2 is 1.80 bits per heavy atom. The predicted molar refractivity (Wildman–Crippen MR) is 64.6 cm³/mol. The summed E-state index contributed by atoms with van der Waals surface area (Å²) in [5, 5.41) is 9.63. The van der Waals surface area contributed by atoms with E-state index in [-0.39, 0.29) is 11.7 Å². The highest BCUT2D eigenvalue weighted by molar-refractivity contribution is 5.10. The summed E-state index contributed by atoms with van der Waals surface area (Å²) >= 11 is 0. The molecule has 0 aliphatic heterocycles. The van der Waals surface area contributed by atoms with Crippen LogP contribution < -0.4 is 0 Å². The fourth-order valence-corrected chi connectivity index (χ4v) is 2.06. The van der Waals surface area contributed by atoms with Crippen molar-refractivity contribution < 1.29 is 9.84 Å². The van der Waals surface area contributed by atoms with Crippen molar-refractivity contribution in [3.05, 3.63) is 24.7 Å². The van der Waals surface area contributed by atoms with E-state index in [2.05, 4.69) is 27.0 Å². The third-order valence-electron chi connectivity index (χ3n) is 2.86. The molecule has 0 heterocycles. The topological polar surface area (TPSA) is 29.5 Å². The van der Waals surface area contributed by atoms with Crippen molar-refractivity contribution in [2.24, 2.45) is 17.3 Å². The van der Waals surface area contributed by atoms with Gasteiger partial charge in [-0.15, -0.1) is 0 Å². The van der Waals surface area contributed by atoms with Gasteiger partial charge in [0, 0.05) is 11.3 Å². The molecule has 1 atom stereocenters. The van der Waals surface area contributed by atoms with Gasteiger partial charge in [-0.3, -0.25) is 0 Å². The molecule has 15 heavy (non-hydrogen) atoms. The number of rotatable bonds is 6. The Hall–Kier alpha value is -0.920. The van der Waals surface area contributed by atoms with Crippen molar-refractivity contribution in [2.45, 2.75) is 34.6 Å². The number of hydrogen-bond donors (Lipinski definition) is 1. The van der Waals surface area contributed by atoms with Crippen LogP contribution >= 0.6 is 0 Å². The molecular weight excluding hydrogens is 188 g/mol. The van der Waals surface area contributed by atoms with E-state index in [1.54, 1.807) is 0 Å². The summed E-state index contributed by atoms with van der Waals surface area (Å²) in [7, 11) is 0. The number of allylic oxidation sites excluding steroid dienone is 2. The van der Waals surface area contributed by atoms with Crippen LogP contribution in [0.5, 0.6) is 0 Å². The molecule has 2 heteroatoms. The summed E-state index contributed by atoms with van der Waals surface area (Å²) in [6, 6.07) is 0. The molecule has 0 rings (SSSR count). The van der Waals surface area contributed by atoms with Crippen LogP contribution in [-0.4, -0.2) is 11.7 Å². The van der Waals surface area contributed by atoms with Gasteiger partial charge >= 0.3 is 0 Å². The van der Waals surface area contributed by atoms with Crippen molar-refractivity contribution >= 4 is 0 Å². The highest BCUT2D eigenvalue weighted by atomic mass is 16.5. The van der Waals surface area contributed by atoms with Crippen molar-refractivity contribution in [2.75, 3.05) is 6.61 Å². The van der Waals surface area contributed by atoms with Crippen molar-refractivity contribution in [3.8, 4) is 0 Å². The maximum atomic E-state index is 9.63. The van der Waals surface area contributed by atoms with E-state index in [1.165, 1.54) is 0 Å². The third-order valence-corrected chi connectivity index (χ3v) is 2.86. The molecule has 0 aromatic rings. The highest BCUT2D eigenvalue weighted by Crippen LogP contribution is 2.41. The summed E-state index contributed by atoms with van der Waals surface area (Å²) in [5.41, 5.74) is -0.402. The number of aliphatic hydroxyl groups is 1. The summed E-state index contributed by atoms with van der Waals surface area (Å²) < 4.78 is 5.46. The fourth-order valence-electron chi connectivity index (χ4n) is 2.06. The number of hydrogen-bond acceptors (Lipinski definition) is 2. The average molecular weight is 212 g/mol. The van der Waals surface area contributed by atoms with E-state index >= 15 is 0 Å². The van der Waals surface area contributed by atoms with Crippen molar-refractivity contribution in [1.29, 1.82) is 0 Å². The molecule has 2 nitrogen and oxygen atoms in total. The van der Waals surface area contributed by atoms with Crippen molar-refractivity contribution in [3.63, 3.8) is 0 Å². The zero-order chi connectivity index (χ0) is 12.2. The molecule has 0 radical (unpaired) electrons. The fraction of sp³-hybridized carbons (Fsp3) is 0.692. The van der Waals surface area contributed by atoms with Crippen LogP contribution in [0.1, 0.15) is 34.6 Å². The van der Waals surface area contributed by atoms with Gasteiger partial charge in [-0.25, -0.2) is 0 Å². The van der Waals surface area contributed by atoms with E-state index < -0.39 is 5.41 Å². The first kappa shape index (κ1) is 14.1. The smallest absolute Gasteiger partial charge is 0.0931 e. The first-order valence-corrected chi connectivity index (χ1v) is 5.45. The second kappa shape index (κ2) is 5.24. The molecule has 0 aromatic carbocycles. The summed E-state index contributed by atoms with van der Waals surface area (Å²) in [6.07, 6.45) is 0. The molecule has 0 fully saturated rings. The zero-order valence-electron chi connectivity index (χ0n) is 10.6. The lowest BCUT2D eigenvalue weighted by Crippen LogP contribution is -2.32. The molecule has 1 N–H and O–H groups in total. The van der Waals surface area contributed by atoms with E-state index in [9.17, 15) is 5.11 Å². The Bertz CT molecular complexity index is 239. The van der Waals surface area contributed by atoms with Crippen LogP contribution in [0, 0.1) is 17.3 Å². The van der Waals surface area contributed by atoms with Gasteiger partial charge in [-0.2, -0.15) is 0 Å². The van der Waals surface area contributed by atoms with Crippen LogP contribution in [0.25, 0.3) is 0 Å². The molecule has 1 unspecified atom stereocenters. The van der Waals surface area contributed by atoms with Crippen LogP contribution in [0.4, 0.5) is 0 Å². The van der Waals surface area contributed by atoms with Gasteiger partial charge in [0.05, 0.1) is 18.1 Å². The van der Waals surface area contributed by atoms with Crippen LogP contribution in [-0.2, 0) is 4.74 Å². The van der Waals surface area contributed by atoms with Gasteiger partial charge in [0.2, 0.25) is 0 Å². The maximum Gasteiger partial charge on any atom is 0.0931 e.